The Balaban J connectivity index is 1.44. The van der Waals surface area contributed by atoms with E-state index in [0.29, 0.717) is 5.56 Å². The van der Waals surface area contributed by atoms with E-state index in [4.69, 9.17) is 9.47 Å². The molecule has 0 aliphatic carbocycles. The lowest BCUT2D eigenvalue weighted by Crippen LogP contribution is -2.32. The van der Waals surface area contributed by atoms with Crippen molar-refractivity contribution in [3.63, 3.8) is 0 Å². The van der Waals surface area contributed by atoms with E-state index in [1.165, 1.54) is 24.3 Å². The average molecular weight is 561 g/mol. The molecule has 0 heterocycles. The molecule has 0 N–H and O–H groups in total. The van der Waals surface area contributed by atoms with E-state index in [1.54, 1.807) is 19.1 Å². The van der Waals surface area contributed by atoms with Crippen molar-refractivity contribution in [2.45, 2.75) is 32.8 Å². The van der Waals surface area contributed by atoms with Gasteiger partial charge in [-0.1, -0.05) is 61.9 Å². The van der Waals surface area contributed by atoms with Crippen LogP contribution < -0.4 is 14.2 Å². The first-order valence-corrected chi connectivity index (χ1v) is 12.6. The molecule has 0 atom stereocenters. The minimum Gasteiger partial charge on any atom is -0.491 e. The highest BCUT2D eigenvalue weighted by atomic mass is 19.3. The van der Waals surface area contributed by atoms with E-state index < -0.39 is 41.7 Å². The second-order valence-corrected chi connectivity index (χ2v) is 8.91. The lowest BCUT2D eigenvalue weighted by atomic mass is 9.97. The van der Waals surface area contributed by atoms with Crippen molar-refractivity contribution in [1.82, 2.24) is 0 Å². The number of benzene rings is 4. The van der Waals surface area contributed by atoms with Crippen LogP contribution in [0.25, 0.3) is 22.3 Å². The fraction of sp³-hybridized carbons (Fsp3) is 0.226. The Kier molecular flexibility index (Phi) is 8.92. The van der Waals surface area contributed by atoms with Gasteiger partial charge in [0.1, 0.15) is 5.75 Å². The van der Waals surface area contributed by atoms with Crippen molar-refractivity contribution in [3.05, 3.63) is 102 Å². The Labute approximate surface area is 227 Å². The molecule has 4 rings (SSSR count). The zero-order chi connectivity index (χ0) is 28.9. The fourth-order valence-corrected chi connectivity index (χ4v) is 4.09. The molecule has 40 heavy (non-hydrogen) atoms. The predicted octanol–water partition coefficient (Wildman–Crippen LogP) is 8.98. The van der Waals surface area contributed by atoms with Crippen molar-refractivity contribution < 1.29 is 40.6 Å². The molecule has 0 spiro atoms. The van der Waals surface area contributed by atoms with E-state index in [9.17, 15) is 26.3 Å². The van der Waals surface area contributed by atoms with Crippen LogP contribution in [-0.2, 0) is 6.42 Å². The normalized spacial score (nSPS) is 11.4. The Morgan fingerprint density at radius 2 is 1.10 bits per heavy atom. The topological polar surface area (TPSA) is 27.7 Å². The number of halogens is 6. The summed E-state index contributed by atoms with van der Waals surface area (Å²) in [5, 5.41) is 0. The third kappa shape index (κ3) is 6.52. The summed E-state index contributed by atoms with van der Waals surface area (Å²) in [4.78, 5) is 0. The molecule has 0 saturated heterocycles. The maximum Gasteiger partial charge on any atom is 0.432 e. The lowest BCUT2D eigenvalue weighted by molar-refractivity contribution is -0.195. The van der Waals surface area contributed by atoms with Crippen LogP contribution in [0.2, 0.25) is 0 Å². The van der Waals surface area contributed by atoms with Gasteiger partial charge in [0.15, 0.2) is 29.7 Å². The highest BCUT2D eigenvalue weighted by Crippen LogP contribution is 2.34. The SMILES string of the molecule is CCCc1ccc(-c2ccc(-c3ccc(OC(F)(F)COc4ccc(OCC)c(F)c4F)cc3)c(F)c2F)cc1. The molecular formula is C31H26F6O3. The monoisotopic (exact) mass is 560 g/mol. The number of hydrogen-bond acceptors (Lipinski definition) is 3. The van der Waals surface area contributed by atoms with E-state index in [-0.39, 0.29) is 34.8 Å². The summed E-state index contributed by atoms with van der Waals surface area (Å²) in [5.41, 5.74) is 1.91. The van der Waals surface area contributed by atoms with E-state index in [0.717, 1.165) is 42.7 Å². The Morgan fingerprint density at radius 1 is 0.600 bits per heavy atom. The van der Waals surface area contributed by atoms with E-state index in [1.807, 2.05) is 12.1 Å². The molecule has 210 valence electrons. The van der Waals surface area contributed by atoms with Gasteiger partial charge in [0, 0.05) is 11.1 Å². The van der Waals surface area contributed by atoms with Gasteiger partial charge in [-0.15, -0.1) is 0 Å². The van der Waals surface area contributed by atoms with Gasteiger partial charge < -0.3 is 14.2 Å². The van der Waals surface area contributed by atoms with Gasteiger partial charge in [0.05, 0.1) is 6.61 Å². The Morgan fingerprint density at radius 3 is 1.60 bits per heavy atom. The second-order valence-electron chi connectivity index (χ2n) is 8.91. The number of rotatable bonds is 11. The van der Waals surface area contributed by atoms with Gasteiger partial charge >= 0.3 is 6.11 Å². The molecule has 0 aromatic heterocycles. The minimum atomic E-state index is -3.92. The van der Waals surface area contributed by atoms with Gasteiger partial charge in [-0.3, -0.25) is 0 Å². The zero-order valence-corrected chi connectivity index (χ0v) is 21.7. The number of alkyl halides is 2. The Bertz CT molecular complexity index is 1450. The smallest absolute Gasteiger partial charge is 0.432 e. The summed E-state index contributed by atoms with van der Waals surface area (Å²) < 4.78 is 101. The fourth-order valence-electron chi connectivity index (χ4n) is 4.09. The summed E-state index contributed by atoms with van der Waals surface area (Å²) in [6, 6.07) is 17.0. The molecule has 0 saturated carbocycles. The van der Waals surface area contributed by atoms with Crippen molar-refractivity contribution in [3.8, 4) is 39.5 Å². The van der Waals surface area contributed by atoms with Crippen molar-refractivity contribution >= 4 is 0 Å². The van der Waals surface area contributed by atoms with E-state index >= 15 is 0 Å². The largest absolute Gasteiger partial charge is 0.491 e. The van der Waals surface area contributed by atoms with Crippen molar-refractivity contribution in [2.75, 3.05) is 13.2 Å². The molecule has 0 bridgehead atoms. The molecule has 3 nitrogen and oxygen atoms in total. The van der Waals surface area contributed by atoms with Crippen LogP contribution in [0.5, 0.6) is 17.2 Å². The first-order valence-electron chi connectivity index (χ1n) is 12.6. The van der Waals surface area contributed by atoms with Crippen LogP contribution in [0.15, 0.2) is 72.8 Å². The molecule has 0 fully saturated rings. The first-order chi connectivity index (χ1) is 19.1. The molecule has 0 aliphatic heterocycles. The second kappa shape index (κ2) is 12.4. The van der Waals surface area contributed by atoms with Crippen LogP contribution in [0.4, 0.5) is 26.3 Å². The minimum absolute atomic E-state index is 0.0569. The standard InChI is InChI=1S/C31H26F6O3/c1-3-5-19-6-8-20(9-7-19)23-14-15-24(28(33)27(23)32)21-10-12-22(13-11-21)40-31(36,37)18-39-26-17-16-25(38-4-2)29(34)30(26)35/h6-17H,3-5,18H2,1-2H3. The molecule has 0 amide bonds. The first kappa shape index (κ1) is 28.9. The average Bonchev–Trinajstić information content (AvgIpc) is 2.93. The maximum atomic E-state index is 15.0. The zero-order valence-electron chi connectivity index (χ0n) is 21.7. The molecular weight excluding hydrogens is 534 g/mol. The quantitative estimate of drug-likeness (QED) is 0.171. The summed E-state index contributed by atoms with van der Waals surface area (Å²) in [6.45, 7) is 2.29. The van der Waals surface area contributed by atoms with Gasteiger partial charge in [0.2, 0.25) is 11.6 Å². The summed E-state index contributed by atoms with van der Waals surface area (Å²) in [7, 11) is 0. The number of aryl methyl sites for hydroxylation is 1. The predicted molar refractivity (Wildman–Crippen MR) is 140 cm³/mol. The number of ether oxygens (including phenoxy) is 3. The van der Waals surface area contributed by atoms with Crippen LogP contribution in [0.3, 0.4) is 0 Å². The highest BCUT2D eigenvalue weighted by Gasteiger charge is 2.34. The highest BCUT2D eigenvalue weighted by molar-refractivity contribution is 5.72. The summed E-state index contributed by atoms with van der Waals surface area (Å²) >= 11 is 0. The lowest BCUT2D eigenvalue weighted by Gasteiger charge is -2.19. The van der Waals surface area contributed by atoms with Gasteiger partial charge in [-0.2, -0.15) is 17.6 Å². The van der Waals surface area contributed by atoms with Crippen LogP contribution in [0, 0.1) is 23.3 Å². The summed E-state index contributed by atoms with van der Waals surface area (Å²) in [5.74, 6) is -6.35. The number of hydrogen-bond donors (Lipinski definition) is 0. The van der Waals surface area contributed by atoms with Crippen LogP contribution >= 0.6 is 0 Å². The van der Waals surface area contributed by atoms with E-state index in [2.05, 4.69) is 11.7 Å². The molecule has 4 aromatic carbocycles. The molecule has 0 unspecified atom stereocenters. The Hall–Kier alpha value is -4.14. The van der Waals surface area contributed by atoms with Gasteiger partial charge in [0.25, 0.3) is 0 Å². The molecule has 0 aliphatic rings. The van der Waals surface area contributed by atoms with Crippen molar-refractivity contribution in [1.29, 1.82) is 0 Å². The molecule has 4 aromatic rings. The third-order valence-electron chi connectivity index (χ3n) is 6.03. The van der Waals surface area contributed by atoms with Crippen molar-refractivity contribution in [2.24, 2.45) is 0 Å². The van der Waals surface area contributed by atoms with Gasteiger partial charge in [-0.25, -0.2) is 8.78 Å². The maximum absolute atomic E-state index is 15.0. The van der Waals surface area contributed by atoms with Gasteiger partial charge in [-0.05, 0) is 54.3 Å². The molecule has 0 radical (unpaired) electrons. The molecule has 9 heteroatoms. The summed E-state index contributed by atoms with van der Waals surface area (Å²) in [6.07, 6.45) is -2.07. The third-order valence-corrected chi connectivity index (χ3v) is 6.03. The van der Waals surface area contributed by atoms with Crippen LogP contribution in [0.1, 0.15) is 25.8 Å². The van der Waals surface area contributed by atoms with Crippen LogP contribution in [-0.4, -0.2) is 19.3 Å².